The van der Waals surface area contributed by atoms with Crippen LogP contribution >= 0.6 is 0 Å². The highest BCUT2D eigenvalue weighted by Crippen LogP contribution is 2.04. The van der Waals surface area contributed by atoms with Gasteiger partial charge in [0.1, 0.15) is 6.61 Å². The first-order valence-electron chi connectivity index (χ1n) is 6.60. The average molecular weight is 277 g/mol. The summed E-state index contributed by atoms with van der Waals surface area (Å²) in [6, 6.07) is 0. The molecule has 0 radical (unpaired) electrons. The zero-order valence-corrected chi connectivity index (χ0v) is 11.2. The summed E-state index contributed by atoms with van der Waals surface area (Å²) in [5, 5.41) is 11.0. The van der Waals surface area contributed by atoms with Crippen molar-refractivity contribution in [2.24, 2.45) is 0 Å². The summed E-state index contributed by atoms with van der Waals surface area (Å²) in [4.78, 5) is 0. The van der Waals surface area contributed by atoms with Gasteiger partial charge in [-0.15, -0.1) is 10.2 Å². The van der Waals surface area contributed by atoms with Crippen LogP contribution in [0.15, 0.2) is 4.42 Å². The number of hydrogen-bond acceptors (Lipinski definition) is 5. The van der Waals surface area contributed by atoms with Crippen molar-refractivity contribution in [3.8, 4) is 0 Å². The molecule has 1 aromatic heterocycles. The van der Waals surface area contributed by atoms with Crippen LogP contribution in [0.25, 0.3) is 0 Å². The summed E-state index contributed by atoms with van der Waals surface area (Å²) in [6.07, 6.45) is 0.705. The number of hydrogen-bond donors (Lipinski definition) is 1. The van der Waals surface area contributed by atoms with E-state index in [-0.39, 0.29) is 6.61 Å². The maximum atomic E-state index is 11.8. The van der Waals surface area contributed by atoms with Crippen molar-refractivity contribution in [3.63, 3.8) is 0 Å². The number of aryl methyl sites for hydroxylation is 1. The van der Waals surface area contributed by atoms with E-state index in [0.717, 1.165) is 32.4 Å². The molecule has 0 spiro atoms. The predicted molar refractivity (Wildman–Crippen MR) is 66.3 cm³/mol. The molecule has 19 heavy (non-hydrogen) atoms. The quantitative estimate of drug-likeness (QED) is 0.625. The molecule has 1 N–H and O–H groups in total. The Labute approximate surface area is 111 Å². The van der Waals surface area contributed by atoms with Gasteiger partial charge in [0.15, 0.2) is 0 Å². The second-order valence-corrected chi connectivity index (χ2v) is 4.16. The van der Waals surface area contributed by atoms with Crippen LogP contribution in [0.2, 0.25) is 0 Å². The van der Waals surface area contributed by atoms with Crippen molar-refractivity contribution >= 4 is 0 Å². The third-order valence-electron chi connectivity index (χ3n) is 2.38. The molecule has 0 aromatic carbocycles. The van der Waals surface area contributed by atoms with E-state index < -0.39 is 13.0 Å². The molecule has 0 aliphatic heterocycles. The minimum absolute atomic E-state index is 0.171. The molecule has 1 heterocycles. The molecule has 0 saturated carbocycles. The number of nitrogens with zero attached hydrogens (tertiary/aromatic N) is 2. The number of nitrogens with one attached hydrogen (secondary N) is 1. The molecule has 0 bridgehead atoms. The number of alkyl halides is 2. The summed E-state index contributed by atoms with van der Waals surface area (Å²) in [6.45, 7) is 3.67. The fraction of sp³-hybridized carbons (Fsp3) is 0.833. The van der Waals surface area contributed by atoms with Crippen LogP contribution in [0.5, 0.6) is 0 Å². The molecule has 0 fully saturated rings. The predicted octanol–water partition coefficient (Wildman–Crippen LogP) is 1.83. The van der Waals surface area contributed by atoms with Crippen LogP contribution in [0.3, 0.4) is 0 Å². The smallest absolute Gasteiger partial charge is 0.261 e. The lowest BCUT2D eigenvalue weighted by Crippen LogP contribution is -2.16. The lowest BCUT2D eigenvalue weighted by molar-refractivity contribution is 0.0173. The number of ether oxygens (including phenoxy) is 1. The molecular weight excluding hydrogens is 256 g/mol. The van der Waals surface area contributed by atoms with Crippen molar-refractivity contribution < 1.29 is 17.9 Å². The van der Waals surface area contributed by atoms with Gasteiger partial charge in [-0.2, -0.15) is 0 Å². The van der Waals surface area contributed by atoms with Gasteiger partial charge in [0.2, 0.25) is 11.8 Å². The summed E-state index contributed by atoms with van der Waals surface area (Å²) >= 11 is 0. The van der Waals surface area contributed by atoms with Crippen molar-refractivity contribution in [1.82, 2.24) is 15.5 Å². The monoisotopic (exact) mass is 277 g/mol. The maximum Gasteiger partial charge on any atom is 0.261 e. The third kappa shape index (κ3) is 7.84. The minimum Gasteiger partial charge on any atom is -0.425 e. The first-order valence-corrected chi connectivity index (χ1v) is 6.60. The molecule has 0 unspecified atom stereocenters. The molecule has 0 aliphatic rings. The highest BCUT2D eigenvalue weighted by Gasteiger charge is 2.07. The fourth-order valence-electron chi connectivity index (χ4n) is 1.49. The zero-order valence-electron chi connectivity index (χ0n) is 11.2. The summed E-state index contributed by atoms with van der Waals surface area (Å²) in [5.74, 6) is 1.02. The first-order chi connectivity index (χ1) is 9.22. The Morgan fingerprint density at radius 3 is 2.63 bits per heavy atom. The summed E-state index contributed by atoms with van der Waals surface area (Å²) < 4.78 is 33.7. The number of halogens is 2. The van der Waals surface area contributed by atoms with Crippen molar-refractivity contribution in [2.75, 3.05) is 26.3 Å². The van der Waals surface area contributed by atoms with E-state index in [0.29, 0.717) is 18.2 Å². The van der Waals surface area contributed by atoms with Crippen LogP contribution in [0.4, 0.5) is 8.78 Å². The first kappa shape index (κ1) is 16.0. The van der Waals surface area contributed by atoms with Gasteiger partial charge >= 0.3 is 0 Å². The Kier molecular flexibility index (Phi) is 8.24. The second kappa shape index (κ2) is 9.80. The minimum atomic E-state index is -2.44. The van der Waals surface area contributed by atoms with Crippen LogP contribution < -0.4 is 5.32 Å². The summed E-state index contributed by atoms with van der Waals surface area (Å²) in [5.41, 5.74) is 0. The average Bonchev–Trinajstić information content (AvgIpc) is 2.82. The molecule has 7 heteroatoms. The molecule has 0 saturated heterocycles. The zero-order chi connectivity index (χ0) is 13.9. The van der Waals surface area contributed by atoms with Crippen LogP contribution in [0, 0.1) is 0 Å². The Morgan fingerprint density at radius 1 is 1.21 bits per heavy atom. The molecule has 0 aliphatic carbocycles. The molecule has 110 valence electrons. The van der Waals surface area contributed by atoms with E-state index in [1.807, 2.05) is 0 Å². The molecular formula is C12H21F2N3O2. The van der Waals surface area contributed by atoms with Crippen LogP contribution in [-0.4, -0.2) is 42.9 Å². The topological polar surface area (TPSA) is 60.2 Å². The highest BCUT2D eigenvalue weighted by atomic mass is 19.3. The Hall–Kier alpha value is -1.08. The van der Waals surface area contributed by atoms with Gasteiger partial charge in [0.25, 0.3) is 6.43 Å². The van der Waals surface area contributed by atoms with Gasteiger partial charge < -0.3 is 14.5 Å². The van der Waals surface area contributed by atoms with Gasteiger partial charge in [0.05, 0.1) is 6.61 Å². The van der Waals surface area contributed by atoms with Gasteiger partial charge in [-0.3, -0.25) is 0 Å². The van der Waals surface area contributed by atoms with E-state index in [1.165, 1.54) is 0 Å². The van der Waals surface area contributed by atoms with Crippen LogP contribution in [0.1, 0.15) is 31.5 Å². The van der Waals surface area contributed by atoms with Crippen molar-refractivity contribution in [3.05, 3.63) is 11.8 Å². The van der Waals surface area contributed by atoms with Gasteiger partial charge in [-0.05, 0) is 25.9 Å². The molecule has 0 atom stereocenters. The van der Waals surface area contributed by atoms with Gasteiger partial charge in [-0.25, -0.2) is 8.78 Å². The lowest BCUT2D eigenvalue weighted by Gasteiger charge is -2.00. The maximum absolute atomic E-state index is 11.8. The van der Waals surface area contributed by atoms with E-state index >= 15 is 0 Å². The van der Waals surface area contributed by atoms with Crippen molar-refractivity contribution in [1.29, 1.82) is 0 Å². The molecule has 1 rings (SSSR count). The Morgan fingerprint density at radius 2 is 1.95 bits per heavy atom. The second-order valence-electron chi connectivity index (χ2n) is 4.16. The fourth-order valence-corrected chi connectivity index (χ4v) is 1.49. The number of aromatic nitrogens is 2. The van der Waals surface area contributed by atoms with Crippen LogP contribution in [-0.2, 0) is 17.6 Å². The van der Waals surface area contributed by atoms with E-state index in [4.69, 9.17) is 9.15 Å². The van der Waals surface area contributed by atoms with Crippen molar-refractivity contribution in [2.45, 2.75) is 39.0 Å². The molecule has 5 nitrogen and oxygen atoms in total. The van der Waals surface area contributed by atoms with Gasteiger partial charge in [-0.1, -0.05) is 6.92 Å². The Bertz CT molecular complexity index is 335. The highest BCUT2D eigenvalue weighted by molar-refractivity contribution is 4.82. The largest absolute Gasteiger partial charge is 0.425 e. The Balaban J connectivity index is 2.10. The standard InChI is InChI=1S/C12H21F2N3O2/c1-2-6-15-7-3-4-11-16-17-12(19-11)5-8-18-9-10(13)14/h10,15H,2-9H2,1H3. The van der Waals surface area contributed by atoms with E-state index in [1.54, 1.807) is 0 Å². The lowest BCUT2D eigenvalue weighted by atomic mass is 10.3. The molecule has 0 amide bonds. The normalized spacial score (nSPS) is 11.4. The molecule has 1 aromatic rings. The SMILES string of the molecule is CCCNCCCc1nnc(CCOCC(F)F)o1. The third-order valence-corrected chi connectivity index (χ3v) is 2.38. The number of rotatable bonds is 11. The van der Waals surface area contributed by atoms with E-state index in [2.05, 4.69) is 22.4 Å². The van der Waals surface area contributed by atoms with Gasteiger partial charge in [0, 0.05) is 12.8 Å². The summed E-state index contributed by atoms with van der Waals surface area (Å²) in [7, 11) is 0. The van der Waals surface area contributed by atoms with E-state index in [9.17, 15) is 8.78 Å².